The van der Waals surface area contributed by atoms with Gasteiger partial charge in [-0.05, 0) is 25.4 Å². The first-order valence-corrected chi connectivity index (χ1v) is 4.55. The lowest BCUT2D eigenvalue weighted by molar-refractivity contribution is 0.377. The summed E-state index contributed by atoms with van der Waals surface area (Å²) in [6.07, 6.45) is 1.80. The Kier molecular flexibility index (Phi) is 3.16. The van der Waals surface area contributed by atoms with Crippen molar-refractivity contribution in [2.45, 2.75) is 13.8 Å². The van der Waals surface area contributed by atoms with Crippen LogP contribution in [0.15, 0.2) is 5.10 Å². The average Bonchev–Trinajstić information content (AvgIpc) is 2.47. The van der Waals surface area contributed by atoms with Gasteiger partial charge in [-0.2, -0.15) is 5.10 Å². The van der Waals surface area contributed by atoms with E-state index in [-0.39, 0.29) is 0 Å². The van der Waals surface area contributed by atoms with Gasteiger partial charge in [0.1, 0.15) is 0 Å². The van der Waals surface area contributed by atoms with Crippen molar-refractivity contribution < 1.29 is 0 Å². The SMILES string of the molecule is CCN(C)/N=C/c1snnc1C. The highest BCUT2D eigenvalue weighted by molar-refractivity contribution is 7.07. The zero-order chi connectivity index (χ0) is 8.97. The predicted octanol–water partition coefficient (Wildman–Crippen LogP) is 1.13. The van der Waals surface area contributed by atoms with Gasteiger partial charge in [0.05, 0.1) is 16.8 Å². The molecule has 0 saturated heterocycles. The number of aryl methyl sites for hydroxylation is 1. The molecule has 1 aromatic rings. The number of hydrazone groups is 1. The normalized spacial score (nSPS) is 10.9. The molecule has 1 heterocycles. The first kappa shape index (κ1) is 9.12. The van der Waals surface area contributed by atoms with Crippen LogP contribution in [-0.4, -0.2) is 34.4 Å². The number of rotatable bonds is 3. The Hall–Kier alpha value is -0.970. The quantitative estimate of drug-likeness (QED) is 0.522. The van der Waals surface area contributed by atoms with Gasteiger partial charge in [-0.25, -0.2) is 0 Å². The number of nitrogens with zero attached hydrogens (tertiary/aromatic N) is 4. The van der Waals surface area contributed by atoms with Crippen molar-refractivity contribution in [2.75, 3.05) is 13.6 Å². The van der Waals surface area contributed by atoms with E-state index in [9.17, 15) is 0 Å². The first-order valence-electron chi connectivity index (χ1n) is 3.78. The third kappa shape index (κ3) is 2.27. The molecular formula is C7H12N4S. The summed E-state index contributed by atoms with van der Waals surface area (Å²) in [5, 5.41) is 9.92. The van der Waals surface area contributed by atoms with Crippen LogP contribution >= 0.6 is 11.5 Å². The van der Waals surface area contributed by atoms with Gasteiger partial charge in [-0.15, -0.1) is 5.10 Å². The molecule has 0 radical (unpaired) electrons. The molecule has 0 fully saturated rings. The standard InChI is InChI=1S/C7H12N4S/c1-4-11(3)8-5-7-6(2)9-10-12-7/h5H,4H2,1-3H3/b8-5+. The van der Waals surface area contributed by atoms with Gasteiger partial charge in [0.2, 0.25) is 0 Å². The number of aromatic nitrogens is 2. The van der Waals surface area contributed by atoms with E-state index in [1.165, 1.54) is 11.5 Å². The Labute approximate surface area is 76.1 Å². The molecule has 0 atom stereocenters. The second-order valence-corrected chi connectivity index (χ2v) is 3.23. The van der Waals surface area contributed by atoms with Crippen molar-refractivity contribution in [3.8, 4) is 0 Å². The lowest BCUT2D eigenvalue weighted by Crippen LogP contribution is -2.09. The summed E-state index contributed by atoms with van der Waals surface area (Å²) in [6, 6.07) is 0. The second kappa shape index (κ2) is 4.15. The molecule has 0 spiro atoms. The van der Waals surface area contributed by atoms with Gasteiger partial charge in [-0.1, -0.05) is 4.49 Å². The molecule has 4 nitrogen and oxygen atoms in total. The molecule has 0 saturated carbocycles. The van der Waals surface area contributed by atoms with E-state index in [1.54, 1.807) is 6.21 Å². The fraction of sp³-hybridized carbons (Fsp3) is 0.571. The van der Waals surface area contributed by atoms with Gasteiger partial charge in [0.25, 0.3) is 0 Å². The van der Waals surface area contributed by atoms with Crippen LogP contribution < -0.4 is 0 Å². The fourth-order valence-corrected chi connectivity index (χ4v) is 1.11. The molecule has 0 aromatic carbocycles. The van der Waals surface area contributed by atoms with E-state index >= 15 is 0 Å². The molecule has 0 unspecified atom stereocenters. The number of hydrogen-bond acceptors (Lipinski definition) is 5. The Morgan fingerprint density at radius 3 is 2.92 bits per heavy atom. The monoisotopic (exact) mass is 184 g/mol. The molecule has 0 aliphatic carbocycles. The number of hydrogen-bond donors (Lipinski definition) is 0. The smallest absolute Gasteiger partial charge is 0.0911 e. The Bertz CT molecular complexity index is 268. The van der Waals surface area contributed by atoms with Crippen LogP contribution in [-0.2, 0) is 0 Å². The van der Waals surface area contributed by atoms with Crippen LogP contribution in [0.1, 0.15) is 17.5 Å². The van der Waals surface area contributed by atoms with Crippen molar-refractivity contribution in [3.63, 3.8) is 0 Å². The summed E-state index contributed by atoms with van der Waals surface area (Å²) in [5.74, 6) is 0. The minimum absolute atomic E-state index is 0.905. The molecule has 0 aliphatic heterocycles. The van der Waals surface area contributed by atoms with Gasteiger partial charge < -0.3 is 5.01 Å². The van der Waals surface area contributed by atoms with E-state index in [0.717, 1.165) is 17.1 Å². The van der Waals surface area contributed by atoms with Crippen molar-refractivity contribution in [1.82, 2.24) is 14.6 Å². The maximum absolute atomic E-state index is 4.18. The van der Waals surface area contributed by atoms with E-state index in [2.05, 4.69) is 21.6 Å². The molecule has 0 N–H and O–H groups in total. The largest absolute Gasteiger partial charge is 0.300 e. The van der Waals surface area contributed by atoms with E-state index < -0.39 is 0 Å². The van der Waals surface area contributed by atoms with Crippen molar-refractivity contribution in [1.29, 1.82) is 0 Å². The van der Waals surface area contributed by atoms with Gasteiger partial charge in [0, 0.05) is 13.6 Å². The minimum atomic E-state index is 0.905. The van der Waals surface area contributed by atoms with Crippen molar-refractivity contribution in [2.24, 2.45) is 5.10 Å². The average molecular weight is 184 g/mol. The van der Waals surface area contributed by atoms with Crippen LogP contribution in [0.5, 0.6) is 0 Å². The predicted molar refractivity (Wildman–Crippen MR) is 50.5 cm³/mol. The maximum Gasteiger partial charge on any atom is 0.0911 e. The molecule has 12 heavy (non-hydrogen) atoms. The lowest BCUT2D eigenvalue weighted by atomic mass is 10.4. The molecule has 1 aromatic heterocycles. The molecular weight excluding hydrogens is 172 g/mol. The van der Waals surface area contributed by atoms with Crippen molar-refractivity contribution in [3.05, 3.63) is 10.6 Å². The maximum atomic E-state index is 4.18. The summed E-state index contributed by atoms with van der Waals surface area (Å²) in [4.78, 5) is 1.02. The summed E-state index contributed by atoms with van der Waals surface area (Å²) in [5.41, 5.74) is 0.938. The molecule has 66 valence electrons. The van der Waals surface area contributed by atoms with E-state index in [0.29, 0.717) is 0 Å². The molecule has 1 rings (SSSR count). The van der Waals surface area contributed by atoms with E-state index in [1.807, 2.05) is 19.0 Å². The van der Waals surface area contributed by atoms with E-state index in [4.69, 9.17) is 0 Å². The zero-order valence-corrected chi connectivity index (χ0v) is 8.30. The molecule has 0 aliphatic rings. The minimum Gasteiger partial charge on any atom is -0.300 e. The highest BCUT2D eigenvalue weighted by Crippen LogP contribution is 2.05. The zero-order valence-electron chi connectivity index (χ0n) is 7.48. The molecule has 5 heteroatoms. The van der Waals surface area contributed by atoms with Crippen LogP contribution in [0.4, 0.5) is 0 Å². The highest BCUT2D eigenvalue weighted by atomic mass is 32.1. The Balaban J connectivity index is 2.63. The third-order valence-corrected chi connectivity index (χ3v) is 2.28. The summed E-state index contributed by atoms with van der Waals surface area (Å²) in [7, 11) is 1.93. The third-order valence-electron chi connectivity index (χ3n) is 1.52. The topological polar surface area (TPSA) is 41.4 Å². The van der Waals surface area contributed by atoms with Crippen LogP contribution in [0.25, 0.3) is 0 Å². The second-order valence-electron chi connectivity index (χ2n) is 2.44. The fourth-order valence-electron chi connectivity index (χ4n) is 0.591. The van der Waals surface area contributed by atoms with Crippen molar-refractivity contribution >= 4 is 17.7 Å². The van der Waals surface area contributed by atoms with Crippen LogP contribution in [0.2, 0.25) is 0 Å². The van der Waals surface area contributed by atoms with Gasteiger partial charge in [0.15, 0.2) is 0 Å². The first-order chi connectivity index (χ1) is 5.74. The molecule has 0 bridgehead atoms. The summed E-state index contributed by atoms with van der Waals surface area (Å²) < 4.78 is 3.81. The van der Waals surface area contributed by atoms with Gasteiger partial charge in [-0.3, -0.25) is 0 Å². The Morgan fingerprint density at radius 2 is 2.42 bits per heavy atom. The van der Waals surface area contributed by atoms with Gasteiger partial charge >= 0.3 is 0 Å². The highest BCUT2D eigenvalue weighted by Gasteiger charge is 1.98. The van der Waals surface area contributed by atoms with Crippen LogP contribution in [0.3, 0.4) is 0 Å². The lowest BCUT2D eigenvalue weighted by Gasteiger charge is -2.06. The molecule has 0 amide bonds. The summed E-state index contributed by atoms with van der Waals surface area (Å²) in [6.45, 7) is 4.88. The van der Waals surface area contributed by atoms with Crippen LogP contribution in [0, 0.1) is 6.92 Å². The Morgan fingerprint density at radius 1 is 1.67 bits per heavy atom. The summed E-state index contributed by atoms with van der Waals surface area (Å²) >= 11 is 1.36.